The quantitative estimate of drug-likeness (QED) is 0.680. The van der Waals surface area contributed by atoms with E-state index < -0.39 is 10.2 Å². The Bertz CT molecular complexity index is 713. The summed E-state index contributed by atoms with van der Waals surface area (Å²) in [4.78, 5) is 0. The summed E-state index contributed by atoms with van der Waals surface area (Å²) < 4.78 is 24.0. The van der Waals surface area contributed by atoms with Gasteiger partial charge in [0.1, 0.15) is 11.5 Å². The fraction of sp³-hybridized carbons (Fsp3) is 0. The normalized spacial score (nSPS) is 11.2. The van der Waals surface area contributed by atoms with Crippen LogP contribution in [0.5, 0.6) is 11.5 Å². The third kappa shape index (κ3) is 3.36. The van der Waals surface area contributed by atoms with Crippen molar-refractivity contribution in [1.29, 1.82) is 0 Å². The van der Waals surface area contributed by atoms with E-state index in [1.54, 1.807) is 12.1 Å². The highest BCUT2D eigenvalue weighted by atomic mass is 32.2. The van der Waals surface area contributed by atoms with Crippen LogP contribution in [-0.4, -0.2) is 18.6 Å². The Labute approximate surface area is 110 Å². The van der Waals surface area contributed by atoms with Crippen molar-refractivity contribution in [2.45, 2.75) is 0 Å². The predicted octanol–water partition coefficient (Wildman–Crippen LogP) is 1.38. The fourth-order valence-electron chi connectivity index (χ4n) is 1.68. The Morgan fingerprint density at radius 3 is 2.42 bits per heavy atom. The zero-order chi connectivity index (χ0) is 14.0. The van der Waals surface area contributed by atoms with Crippen molar-refractivity contribution < 1.29 is 18.6 Å². The number of hydrogen-bond donors (Lipinski definition) is 4. The van der Waals surface area contributed by atoms with Crippen LogP contribution in [0.4, 0.5) is 5.69 Å². The van der Waals surface area contributed by atoms with Crippen molar-refractivity contribution in [3.63, 3.8) is 0 Å². The number of phenolic OH excluding ortho intramolecular Hbond substituents is 2. The van der Waals surface area contributed by atoms with Crippen molar-refractivity contribution in [2.24, 2.45) is 5.14 Å². The molecule has 100 valence electrons. The Morgan fingerprint density at radius 2 is 1.79 bits per heavy atom. The van der Waals surface area contributed by atoms with E-state index in [-0.39, 0.29) is 17.2 Å². The molecule has 0 aliphatic carbocycles. The minimum absolute atomic E-state index is 0.0555. The number of anilines is 1. The van der Waals surface area contributed by atoms with Gasteiger partial charge >= 0.3 is 0 Å². The van der Waals surface area contributed by atoms with Gasteiger partial charge in [0.2, 0.25) is 0 Å². The molecule has 0 atom stereocenters. The highest BCUT2D eigenvalue weighted by Crippen LogP contribution is 2.33. The lowest BCUT2D eigenvalue weighted by Gasteiger charge is -2.08. The number of benzene rings is 2. The van der Waals surface area contributed by atoms with Crippen LogP contribution in [-0.2, 0) is 10.2 Å². The molecule has 0 saturated carbocycles. The molecule has 0 heterocycles. The maximum absolute atomic E-state index is 10.9. The molecule has 19 heavy (non-hydrogen) atoms. The molecule has 0 bridgehead atoms. The van der Waals surface area contributed by atoms with Gasteiger partial charge in [-0.25, -0.2) is 5.14 Å². The summed E-state index contributed by atoms with van der Waals surface area (Å²) in [6, 6.07) is 10.5. The van der Waals surface area contributed by atoms with Gasteiger partial charge in [-0.3, -0.25) is 4.72 Å². The van der Waals surface area contributed by atoms with Gasteiger partial charge in [-0.05, 0) is 29.8 Å². The molecule has 0 aliphatic rings. The summed E-state index contributed by atoms with van der Waals surface area (Å²) in [5.41, 5.74) is 1.34. The van der Waals surface area contributed by atoms with E-state index in [0.29, 0.717) is 11.1 Å². The summed E-state index contributed by atoms with van der Waals surface area (Å²) in [5, 5.41) is 23.9. The molecule has 2 aromatic rings. The van der Waals surface area contributed by atoms with Crippen molar-refractivity contribution >= 4 is 15.9 Å². The lowest BCUT2D eigenvalue weighted by molar-refractivity contribution is 0.452. The smallest absolute Gasteiger partial charge is 0.296 e. The van der Waals surface area contributed by atoms with Crippen LogP contribution in [0.1, 0.15) is 0 Å². The number of phenols is 2. The first-order valence-corrected chi connectivity index (χ1v) is 6.83. The molecule has 0 spiro atoms. The van der Waals surface area contributed by atoms with E-state index in [2.05, 4.69) is 4.72 Å². The van der Waals surface area contributed by atoms with E-state index in [4.69, 9.17) is 5.14 Å². The lowest BCUT2D eigenvalue weighted by Crippen LogP contribution is -2.21. The number of hydrogen-bond acceptors (Lipinski definition) is 4. The van der Waals surface area contributed by atoms with Gasteiger partial charge in [0.25, 0.3) is 10.2 Å². The van der Waals surface area contributed by atoms with Gasteiger partial charge in [0, 0.05) is 11.6 Å². The monoisotopic (exact) mass is 280 g/mol. The molecule has 5 N–H and O–H groups in total. The fourth-order valence-corrected chi connectivity index (χ4v) is 2.13. The van der Waals surface area contributed by atoms with Gasteiger partial charge in [-0.15, -0.1) is 0 Å². The van der Waals surface area contributed by atoms with Crippen LogP contribution in [0, 0.1) is 0 Å². The predicted molar refractivity (Wildman–Crippen MR) is 71.9 cm³/mol. The summed E-state index contributed by atoms with van der Waals surface area (Å²) >= 11 is 0. The molecule has 0 unspecified atom stereocenters. The van der Waals surface area contributed by atoms with Crippen LogP contribution in [0.2, 0.25) is 0 Å². The van der Waals surface area contributed by atoms with Crippen molar-refractivity contribution in [2.75, 3.05) is 4.72 Å². The van der Waals surface area contributed by atoms with Gasteiger partial charge in [-0.2, -0.15) is 8.42 Å². The second-order valence-corrected chi connectivity index (χ2v) is 5.22. The summed E-state index contributed by atoms with van der Waals surface area (Å²) in [6.07, 6.45) is 0. The van der Waals surface area contributed by atoms with Crippen LogP contribution >= 0.6 is 0 Å². The Kier molecular flexibility index (Phi) is 3.32. The van der Waals surface area contributed by atoms with E-state index >= 15 is 0 Å². The summed E-state index contributed by atoms with van der Waals surface area (Å²) in [6.45, 7) is 0. The Balaban J connectivity index is 2.43. The Hall–Kier alpha value is -2.25. The molecule has 6 nitrogen and oxygen atoms in total. The first-order valence-electron chi connectivity index (χ1n) is 5.28. The van der Waals surface area contributed by atoms with Crippen molar-refractivity contribution in [3.8, 4) is 22.6 Å². The third-order valence-electron chi connectivity index (χ3n) is 2.42. The molecule has 0 amide bonds. The van der Waals surface area contributed by atoms with Gasteiger partial charge < -0.3 is 10.2 Å². The van der Waals surface area contributed by atoms with Gasteiger partial charge in [-0.1, -0.05) is 12.1 Å². The first-order chi connectivity index (χ1) is 8.85. The number of nitrogens with two attached hydrogens (primary N) is 1. The second-order valence-electron chi connectivity index (χ2n) is 3.93. The van der Waals surface area contributed by atoms with E-state index in [1.165, 1.54) is 30.3 Å². The number of aromatic hydroxyl groups is 2. The zero-order valence-electron chi connectivity index (χ0n) is 9.74. The molecule has 2 aromatic carbocycles. The minimum Gasteiger partial charge on any atom is -0.508 e. The second kappa shape index (κ2) is 4.79. The number of nitrogens with one attached hydrogen (secondary N) is 1. The van der Waals surface area contributed by atoms with Gasteiger partial charge in [0.15, 0.2) is 0 Å². The van der Waals surface area contributed by atoms with E-state index in [9.17, 15) is 18.6 Å². The third-order valence-corrected chi connectivity index (χ3v) is 2.94. The van der Waals surface area contributed by atoms with Gasteiger partial charge in [0.05, 0.1) is 5.69 Å². The molecule has 0 aromatic heterocycles. The van der Waals surface area contributed by atoms with Crippen molar-refractivity contribution in [3.05, 3.63) is 42.5 Å². The average molecular weight is 280 g/mol. The SMILES string of the molecule is NS(=O)(=O)Nc1cccc(-c2ccc(O)cc2O)c1. The topological polar surface area (TPSA) is 113 Å². The van der Waals surface area contributed by atoms with Crippen LogP contribution in [0.25, 0.3) is 11.1 Å². The summed E-state index contributed by atoms with van der Waals surface area (Å²) in [7, 11) is -3.85. The molecule has 0 aliphatic heterocycles. The van der Waals surface area contributed by atoms with Crippen LogP contribution in [0.15, 0.2) is 42.5 Å². The largest absolute Gasteiger partial charge is 0.508 e. The highest BCUT2D eigenvalue weighted by Gasteiger charge is 2.07. The zero-order valence-corrected chi connectivity index (χ0v) is 10.6. The van der Waals surface area contributed by atoms with Crippen LogP contribution in [0.3, 0.4) is 0 Å². The number of rotatable bonds is 3. The molecular weight excluding hydrogens is 268 g/mol. The molecule has 2 rings (SSSR count). The van der Waals surface area contributed by atoms with Crippen LogP contribution < -0.4 is 9.86 Å². The first kappa shape index (κ1) is 13.2. The molecule has 0 radical (unpaired) electrons. The molecule has 7 heteroatoms. The highest BCUT2D eigenvalue weighted by molar-refractivity contribution is 7.90. The Morgan fingerprint density at radius 1 is 1.05 bits per heavy atom. The molecule has 0 saturated heterocycles. The minimum atomic E-state index is -3.85. The molecule has 0 fully saturated rings. The van der Waals surface area contributed by atoms with E-state index in [1.807, 2.05) is 0 Å². The standard InChI is InChI=1S/C12H12N2O4S/c13-19(17,18)14-9-3-1-2-8(6-9)11-5-4-10(15)7-12(11)16/h1-7,14-16H,(H2,13,17,18). The lowest BCUT2D eigenvalue weighted by atomic mass is 10.0. The maximum Gasteiger partial charge on any atom is 0.296 e. The van der Waals surface area contributed by atoms with E-state index in [0.717, 1.165) is 0 Å². The van der Waals surface area contributed by atoms with Crippen molar-refractivity contribution in [1.82, 2.24) is 0 Å². The summed E-state index contributed by atoms with van der Waals surface area (Å²) in [5.74, 6) is -0.159. The average Bonchev–Trinajstić information content (AvgIpc) is 2.26. The maximum atomic E-state index is 10.9. The molecular formula is C12H12N2O4S.